The maximum atomic E-state index is 12.0. The van der Waals surface area contributed by atoms with Crippen molar-refractivity contribution in [1.29, 1.82) is 0 Å². The molecule has 0 aliphatic carbocycles. The summed E-state index contributed by atoms with van der Waals surface area (Å²) in [6.45, 7) is 5.40. The molecule has 1 aromatic carbocycles. The maximum absolute atomic E-state index is 12.0. The first-order valence-corrected chi connectivity index (χ1v) is 10.8. The fourth-order valence-electron chi connectivity index (χ4n) is 3.00. The number of amides is 1. The van der Waals surface area contributed by atoms with Crippen molar-refractivity contribution < 1.29 is 13.2 Å². The second-order valence-electron chi connectivity index (χ2n) is 6.59. The SMILES string of the molecule is CCCN1CCC(NC(=O)CCNS(=O)(=O)/C=C/c2ccccc2)CC1. The van der Waals surface area contributed by atoms with E-state index in [9.17, 15) is 13.2 Å². The van der Waals surface area contributed by atoms with Crippen LogP contribution in [0, 0.1) is 0 Å². The molecule has 0 bridgehead atoms. The van der Waals surface area contributed by atoms with Crippen molar-refractivity contribution in [3.63, 3.8) is 0 Å². The van der Waals surface area contributed by atoms with Gasteiger partial charge in [0.05, 0.1) is 0 Å². The Hall–Kier alpha value is -1.70. The van der Waals surface area contributed by atoms with Gasteiger partial charge in [0.1, 0.15) is 0 Å². The summed E-state index contributed by atoms with van der Waals surface area (Å²) in [5.74, 6) is -0.103. The summed E-state index contributed by atoms with van der Waals surface area (Å²) in [6.07, 6.45) is 4.74. The van der Waals surface area contributed by atoms with E-state index in [1.54, 1.807) is 0 Å². The lowest BCUT2D eigenvalue weighted by atomic mass is 10.0. The smallest absolute Gasteiger partial charge is 0.233 e. The predicted molar refractivity (Wildman–Crippen MR) is 105 cm³/mol. The van der Waals surface area contributed by atoms with Crippen molar-refractivity contribution >= 4 is 22.0 Å². The van der Waals surface area contributed by atoms with E-state index in [4.69, 9.17) is 0 Å². The fourth-order valence-corrected chi connectivity index (χ4v) is 3.82. The lowest BCUT2D eigenvalue weighted by Crippen LogP contribution is -2.45. The third kappa shape index (κ3) is 7.68. The summed E-state index contributed by atoms with van der Waals surface area (Å²) in [7, 11) is -3.54. The summed E-state index contributed by atoms with van der Waals surface area (Å²) in [5.41, 5.74) is 0.810. The number of nitrogens with one attached hydrogen (secondary N) is 2. The Balaban J connectivity index is 1.67. The van der Waals surface area contributed by atoms with Gasteiger partial charge in [-0.15, -0.1) is 0 Å². The number of hydrogen-bond acceptors (Lipinski definition) is 4. The molecule has 1 aliphatic heterocycles. The Bertz CT molecular complexity index is 681. The van der Waals surface area contributed by atoms with Crippen LogP contribution in [0.2, 0.25) is 0 Å². The van der Waals surface area contributed by atoms with Crippen molar-refractivity contribution in [2.45, 2.75) is 38.6 Å². The second-order valence-corrected chi connectivity index (χ2v) is 8.24. The van der Waals surface area contributed by atoms with Gasteiger partial charge >= 0.3 is 0 Å². The zero-order valence-corrected chi connectivity index (χ0v) is 16.2. The van der Waals surface area contributed by atoms with E-state index in [1.807, 2.05) is 30.3 Å². The monoisotopic (exact) mass is 379 g/mol. The van der Waals surface area contributed by atoms with Crippen molar-refractivity contribution in [3.8, 4) is 0 Å². The van der Waals surface area contributed by atoms with Crippen LogP contribution in [-0.2, 0) is 14.8 Å². The topological polar surface area (TPSA) is 78.5 Å². The van der Waals surface area contributed by atoms with Crippen LogP contribution in [0.3, 0.4) is 0 Å². The number of piperidine rings is 1. The number of rotatable bonds is 9. The third-order valence-electron chi connectivity index (χ3n) is 4.39. The van der Waals surface area contributed by atoms with Crippen LogP contribution in [0.15, 0.2) is 35.7 Å². The number of nitrogens with zero attached hydrogens (tertiary/aromatic N) is 1. The quantitative estimate of drug-likeness (QED) is 0.687. The summed E-state index contributed by atoms with van der Waals surface area (Å²) in [5, 5.41) is 4.14. The second kappa shape index (κ2) is 10.4. The normalized spacial score (nSPS) is 16.8. The molecule has 0 spiro atoms. The molecule has 0 saturated carbocycles. The Kier molecular flexibility index (Phi) is 8.28. The molecule has 1 heterocycles. The first-order valence-electron chi connectivity index (χ1n) is 9.23. The molecule has 26 heavy (non-hydrogen) atoms. The Morgan fingerprint density at radius 2 is 1.92 bits per heavy atom. The molecule has 1 amide bonds. The van der Waals surface area contributed by atoms with Gasteiger partial charge in [0.25, 0.3) is 0 Å². The molecule has 2 N–H and O–H groups in total. The largest absolute Gasteiger partial charge is 0.353 e. The summed E-state index contributed by atoms with van der Waals surface area (Å²) >= 11 is 0. The van der Waals surface area contributed by atoms with E-state index < -0.39 is 10.0 Å². The molecule has 7 heteroatoms. The van der Waals surface area contributed by atoms with Gasteiger partial charge in [-0.1, -0.05) is 37.3 Å². The van der Waals surface area contributed by atoms with Gasteiger partial charge in [-0.05, 0) is 37.4 Å². The molecule has 6 nitrogen and oxygen atoms in total. The minimum Gasteiger partial charge on any atom is -0.353 e. The minimum absolute atomic E-state index is 0.0992. The molecular formula is C19H29N3O3S. The molecule has 0 aromatic heterocycles. The summed E-state index contributed by atoms with van der Waals surface area (Å²) in [6, 6.07) is 9.41. The van der Waals surface area contributed by atoms with Crippen molar-refractivity contribution in [2.75, 3.05) is 26.2 Å². The molecule has 0 radical (unpaired) electrons. The highest BCUT2D eigenvalue weighted by molar-refractivity contribution is 7.92. The number of carbonyl (C=O) groups excluding carboxylic acids is 1. The first-order chi connectivity index (χ1) is 12.5. The zero-order valence-electron chi connectivity index (χ0n) is 15.4. The third-order valence-corrected chi connectivity index (χ3v) is 5.49. The standard InChI is InChI=1S/C19H29N3O3S/c1-2-13-22-14-9-18(10-15-22)21-19(23)8-12-20-26(24,25)16-11-17-6-4-3-5-7-17/h3-7,11,16,18,20H,2,8-10,12-15H2,1H3,(H,21,23)/b16-11+. The lowest BCUT2D eigenvalue weighted by Gasteiger charge is -2.32. The predicted octanol–water partition coefficient (Wildman–Crippen LogP) is 1.96. The van der Waals surface area contributed by atoms with Crippen LogP contribution >= 0.6 is 0 Å². The Morgan fingerprint density at radius 1 is 1.23 bits per heavy atom. The van der Waals surface area contributed by atoms with Crippen LogP contribution in [0.1, 0.15) is 38.2 Å². The van der Waals surface area contributed by atoms with Gasteiger partial charge in [-0.25, -0.2) is 13.1 Å². The van der Waals surface area contributed by atoms with Gasteiger partial charge in [-0.2, -0.15) is 0 Å². The van der Waals surface area contributed by atoms with Crippen molar-refractivity contribution in [1.82, 2.24) is 14.9 Å². The lowest BCUT2D eigenvalue weighted by molar-refractivity contribution is -0.121. The van der Waals surface area contributed by atoms with E-state index in [1.165, 1.54) is 6.08 Å². The molecule has 1 aromatic rings. The molecule has 1 saturated heterocycles. The number of likely N-dealkylation sites (tertiary alicyclic amines) is 1. The van der Waals surface area contributed by atoms with Gasteiger partial charge in [0.2, 0.25) is 15.9 Å². The minimum atomic E-state index is -3.54. The van der Waals surface area contributed by atoms with Crippen LogP contribution in [-0.4, -0.2) is 51.4 Å². The van der Waals surface area contributed by atoms with Gasteiger partial charge in [0.15, 0.2) is 0 Å². The fraction of sp³-hybridized carbons (Fsp3) is 0.526. The molecule has 144 valence electrons. The van der Waals surface area contributed by atoms with Crippen LogP contribution < -0.4 is 10.0 Å². The highest BCUT2D eigenvalue weighted by Crippen LogP contribution is 2.10. The number of hydrogen-bond donors (Lipinski definition) is 2. The van der Waals surface area contributed by atoms with Gasteiger partial charge in [-0.3, -0.25) is 4.79 Å². The molecule has 2 rings (SSSR count). The van der Waals surface area contributed by atoms with Gasteiger partial charge in [0, 0.05) is 37.5 Å². The van der Waals surface area contributed by atoms with E-state index >= 15 is 0 Å². The first kappa shape index (κ1) is 20.6. The van der Waals surface area contributed by atoms with Crippen LogP contribution in [0.25, 0.3) is 6.08 Å². The Labute approximate surface area is 156 Å². The number of sulfonamides is 1. The van der Waals surface area contributed by atoms with Crippen LogP contribution in [0.5, 0.6) is 0 Å². The number of benzene rings is 1. The van der Waals surface area contributed by atoms with Gasteiger partial charge < -0.3 is 10.2 Å². The van der Waals surface area contributed by atoms with E-state index in [0.717, 1.165) is 49.9 Å². The molecule has 0 unspecified atom stereocenters. The summed E-state index contributed by atoms with van der Waals surface area (Å²) in [4.78, 5) is 14.4. The highest BCUT2D eigenvalue weighted by Gasteiger charge is 2.20. The summed E-state index contributed by atoms with van der Waals surface area (Å²) < 4.78 is 26.3. The van der Waals surface area contributed by atoms with Crippen LogP contribution in [0.4, 0.5) is 0 Å². The maximum Gasteiger partial charge on any atom is 0.233 e. The highest BCUT2D eigenvalue weighted by atomic mass is 32.2. The average Bonchev–Trinajstić information content (AvgIpc) is 2.63. The molecule has 0 atom stereocenters. The van der Waals surface area contributed by atoms with E-state index in [0.29, 0.717) is 0 Å². The zero-order chi connectivity index (χ0) is 18.8. The Morgan fingerprint density at radius 3 is 2.58 bits per heavy atom. The average molecular weight is 380 g/mol. The molecule has 1 fully saturated rings. The number of carbonyl (C=O) groups is 1. The van der Waals surface area contributed by atoms with Crippen molar-refractivity contribution in [2.24, 2.45) is 0 Å². The molecule has 1 aliphatic rings. The molecular weight excluding hydrogens is 350 g/mol. The van der Waals surface area contributed by atoms with E-state index in [2.05, 4.69) is 21.9 Å². The van der Waals surface area contributed by atoms with Crippen molar-refractivity contribution in [3.05, 3.63) is 41.3 Å². The van der Waals surface area contributed by atoms with E-state index in [-0.39, 0.29) is 24.9 Å².